The second-order valence-electron chi connectivity index (χ2n) is 7.94. The Morgan fingerprint density at radius 3 is 2.52 bits per heavy atom. The van der Waals surface area contributed by atoms with E-state index in [1.807, 2.05) is 25.3 Å². The standard InChI is InChI=1S/C17H23N3O6S/c1-16(2,3)25-15(24)20(14(22)23)9-17(4,5)7-11-6-10(8-27-11)12-18-13(21)26-19-12/h6,8H,7,9H2,1-5H3,(H,22,23)(H,18,19,21). The van der Waals surface area contributed by atoms with Gasteiger partial charge in [0.2, 0.25) is 0 Å². The minimum absolute atomic E-state index is 0.0225. The molecule has 2 heterocycles. The highest BCUT2D eigenvalue weighted by molar-refractivity contribution is 7.10. The number of aromatic amines is 1. The van der Waals surface area contributed by atoms with Gasteiger partial charge in [-0.3, -0.25) is 9.51 Å². The molecule has 2 amide bonds. The first-order chi connectivity index (χ1) is 12.4. The maximum absolute atomic E-state index is 12.2. The summed E-state index contributed by atoms with van der Waals surface area (Å²) in [6.45, 7) is 8.74. The van der Waals surface area contributed by atoms with Crippen LogP contribution in [0.2, 0.25) is 0 Å². The lowest BCUT2D eigenvalue weighted by Gasteiger charge is -2.31. The molecule has 0 unspecified atom stereocenters. The molecule has 0 aliphatic rings. The number of H-pyrrole nitrogens is 1. The van der Waals surface area contributed by atoms with E-state index in [0.29, 0.717) is 22.7 Å². The van der Waals surface area contributed by atoms with Crippen molar-refractivity contribution in [2.75, 3.05) is 6.54 Å². The average Bonchev–Trinajstić information content (AvgIpc) is 3.11. The molecule has 0 aliphatic heterocycles. The number of carboxylic acid groups (broad SMARTS) is 1. The Labute approximate surface area is 159 Å². The van der Waals surface area contributed by atoms with E-state index in [1.54, 1.807) is 20.8 Å². The van der Waals surface area contributed by atoms with Crippen molar-refractivity contribution < 1.29 is 24.0 Å². The number of nitrogens with zero attached hydrogens (tertiary/aromatic N) is 2. The third-order valence-electron chi connectivity index (χ3n) is 3.45. The molecule has 2 aromatic heterocycles. The molecule has 0 saturated heterocycles. The Morgan fingerprint density at radius 1 is 1.33 bits per heavy atom. The van der Waals surface area contributed by atoms with Crippen molar-refractivity contribution in [3.8, 4) is 11.4 Å². The van der Waals surface area contributed by atoms with Crippen LogP contribution in [0.25, 0.3) is 11.4 Å². The van der Waals surface area contributed by atoms with Gasteiger partial charge >= 0.3 is 17.9 Å². The lowest BCUT2D eigenvalue weighted by molar-refractivity contribution is 0.0205. The predicted molar refractivity (Wildman–Crippen MR) is 98.9 cm³/mol. The molecule has 0 aliphatic carbocycles. The number of nitrogens with one attached hydrogen (secondary N) is 1. The summed E-state index contributed by atoms with van der Waals surface area (Å²) in [5.74, 6) is -0.297. The van der Waals surface area contributed by atoms with Gasteiger partial charge in [-0.1, -0.05) is 19.0 Å². The van der Waals surface area contributed by atoms with Crippen LogP contribution in [0.5, 0.6) is 0 Å². The molecule has 0 radical (unpaired) electrons. The van der Waals surface area contributed by atoms with Gasteiger partial charge in [-0.2, -0.15) is 0 Å². The molecule has 0 aromatic carbocycles. The number of hydrogen-bond donors (Lipinski definition) is 2. The van der Waals surface area contributed by atoms with E-state index in [9.17, 15) is 19.5 Å². The SMILES string of the molecule is CC(C)(Cc1cc(-c2noc(=O)[nH]2)cs1)CN(C(=O)O)C(=O)OC(C)(C)C. The van der Waals surface area contributed by atoms with Crippen LogP contribution in [0.3, 0.4) is 0 Å². The first-order valence-electron chi connectivity index (χ1n) is 8.23. The first kappa shape index (κ1) is 20.7. The van der Waals surface area contributed by atoms with Crippen LogP contribution in [0.15, 0.2) is 20.8 Å². The molecule has 27 heavy (non-hydrogen) atoms. The van der Waals surface area contributed by atoms with E-state index in [2.05, 4.69) is 14.7 Å². The molecule has 2 N–H and O–H groups in total. The number of aromatic nitrogens is 2. The van der Waals surface area contributed by atoms with Gasteiger partial charge in [-0.25, -0.2) is 19.3 Å². The van der Waals surface area contributed by atoms with Crippen LogP contribution in [0.4, 0.5) is 9.59 Å². The second-order valence-corrected chi connectivity index (χ2v) is 8.93. The van der Waals surface area contributed by atoms with E-state index < -0.39 is 29.0 Å². The molecule has 0 fully saturated rings. The maximum Gasteiger partial charge on any atom is 0.439 e. The van der Waals surface area contributed by atoms with Crippen LogP contribution in [0.1, 0.15) is 39.5 Å². The van der Waals surface area contributed by atoms with Gasteiger partial charge in [0.1, 0.15) is 5.60 Å². The summed E-state index contributed by atoms with van der Waals surface area (Å²) >= 11 is 1.45. The van der Waals surface area contributed by atoms with Gasteiger partial charge in [0, 0.05) is 22.4 Å². The van der Waals surface area contributed by atoms with E-state index in [1.165, 1.54) is 11.3 Å². The summed E-state index contributed by atoms with van der Waals surface area (Å²) in [6, 6.07) is 1.85. The van der Waals surface area contributed by atoms with E-state index in [0.717, 1.165) is 4.88 Å². The number of amides is 2. The second kappa shape index (κ2) is 7.55. The Bertz CT molecular complexity index is 874. The summed E-state index contributed by atoms with van der Waals surface area (Å²) in [5.41, 5.74) is -0.611. The molecule has 0 saturated carbocycles. The minimum Gasteiger partial charge on any atom is -0.465 e. The van der Waals surface area contributed by atoms with E-state index >= 15 is 0 Å². The molecule has 2 aromatic rings. The van der Waals surface area contributed by atoms with Crippen LogP contribution in [0, 0.1) is 5.41 Å². The molecule has 0 bridgehead atoms. The zero-order chi connectivity index (χ0) is 20.4. The summed E-state index contributed by atoms with van der Waals surface area (Å²) in [7, 11) is 0. The van der Waals surface area contributed by atoms with Crippen molar-refractivity contribution in [2.45, 2.75) is 46.6 Å². The number of rotatable bonds is 5. The Morgan fingerprint density at radius 2 is 2.00 bits per heavy atom. The number of carbonyl (C=O) groups excluding carboxylic acids is 1. The molecule has 148 valence electrons. The number of imide groups is 1. The Hall–Kier alpha value is -2.62. The Balaban J connectivity index is 2.10. The van der Waals surface area contributed by atoms with Crippen molar-refractivity contribution in [3.63, 3.8) is 0 Å². The highest BCUT2D eigenvalue weighted by Crippen LogP contribution is 2.30. The van der Waals surface area contributed by atoms with Crippen molar-refractivity contribution in [3.05, 3.63) is 26.9 Å². The number of thiophene rings is 1. The fourth-order valence-electron chi connectivity index (χ4n) is 2.43. The van der Waals surface area contributed by atoms with Crippen LogP contribution < -0.4 is 5.76 Å². The molecule has 9 nitrogen and oxygen atoms in total. The normalized spacial score (nSPS) is 12.0. The summed E-state index contributed by atoms with van der Waals surface area (Å²) < 4.78 is 9.67. The van der Waals surface area contributed by atoms with Gasteiger partial charge in [-0.05, 0) is 38.7 Å². The lowest BCUT2D eigenvalue weighted by atomic mass is 9.88. The zero-order valence-corrected chi connectivity index (χ0v) is 16.7. The van der Waals surface area contributed by atoms with Gasteiger partial charge in [0.25, 0.3) is 0 Å². The molecular formula is C17H23N3O6S. The average molecular weight is 397 g/mol. The van der Waals surface area contributed by atoms with Gasteiger partial charge in [0.15, 0.2) is 5.82 Å². The predicted octanol–water partition coefficient (Wildman–Crippen LogP) is 3.58. The third kappa shape index (κ3) is 5.95. The van der Waals surface area contributed by atoms with Gasteiger partial charge in [0.05, 0.1) is 0 Å². The molecule has 0 atom stereocenters. The summed E-state index contributed by atoms with van der Waals surface area (Å²) in [4.78, 5) is 38.9. The van der Waals surface area contributed by atoms with Crippen LogP contribution >= 0.6 is 11.3 Å². The van der Waals surface area contributed by atoms with E-state index in [4.69, 9.17) is 4.74 Å². The number of carbonyl (C=O) groups is 2. The van der Waals surface area contributed by atoms with Crippen LogP contribution in [-0.2, 0) is 11.2 Å². The zero-order valence-electron chi connectivity index (χ0n) is 15.9. The highest BCUT2D eigenvalue weighted by Gasteiger charge is 2.33. The number of ether oxygens (including phenoxy) is 1. The van der Waals surface area contributed by atoms with Crippen molar-refractivity contribution >= 4 is 23.5 Å². The first-order valence-corrected chi connectivity index (χ1v) is 9.11. The minimum atomic E-state index is -1.36. The smallest absolute Gasteiger partial charge is 0.439 e. The quantitative estimate of drug-likeness (QED) is 0.789. The van der Waals surface area contributed by atoms with Crippen molar-refractivity contribution in [2.24, 2.45) is 5.41 Å². The Kier molecular flexibility index (Phi) is 5.79. The van der Waals surface area contributed by atoms with Gasteiger partial charge < -0.3 is 9.84 Å². The van der Waals surface area contributed by atoms with E-state index in [-0.39, 0.29) is 6.54 Å². The lowest BCUT2D eigenvalue weighted by Crippen LogP contribution is -2.45. The molecule has 0 spiro atoms. The fraction of sp³-hybridized carbons (Fsp3) is 0.529. The summed E-state index contributed by atoms with van der Waals surface area (Å²) in [5, 5.41) is 14.9. The van der Waals surface area contributed by atoms with Crippen molar-refractivity contribution in [1.29, 1.82) is 0 Å². The molecule has 2 rings (SSSR count). The van der Waals surface area contributed by atoms with Gasteiger partial charge in [-0.15, -0.1) is 11.3 Å². The molecule has 10 heteroatoms. The third-order valence-corrected chi connectivity index (χ3v) is 4.39. The number of hydrogen-bond acceptors (Lipinski definition) is 7. The molecular weight excluding hydrogens is 374 g/mol. The summed E-state index contributed by atoms with van der Waals surface area (Å²) in [6.07, 6.45) is -1.73. The van der Waals surface area contributed by atoms with Crippen molar-refractivity contribution in [1.82, 2.24) is 15.0 Å². The van der Waals surface area contributed by atoms with Crippen LogP contribution in [-0.4, -0.2) is 44.5 Å². The highest BCUT2D eigenvalue weighted by atomic mass is 32.1. The fourth-order valence-corrected chi connectivity index (χ4v) is 3.56. The monoisotopic (exact) mass is 397 g/mol. The largest absolute Gasteiger partial charge is 0.465 e. The maximum atomic E-state index is 12.2. The topological polar surface area (TPSA) is 126 Å².